The molecule has 2 rings (SSSR count). The van der Waals surface area contributed by atoms with Gasteiger partial charge in [-0.25, -0.2) is 4.39 Å². The van der Waals surface area contributed by atoms with Gasteiger partial charge in [0.1, 0.15) is 5.82 Å². The zero-order valence-corrected chi connectivity index (χ0v) is 8.12. The number of rotatable bonds is 1. The van der Waals surface area contributed by atoms with Crippen molar-refractivity contribution in [2.24, 2.45) is 0 Å². The molecule has 0 fully saturated rings. The van der Waals surface area contributed by atoms with Crippen molar-refractivity contribution in [1.29, 1.82) is 0 Å². The Hall–Kier alpha value is -1.000. The molecular formula is C9H5FOS2. The Balaban J connectivity index is 2.47. The van der Waals surface area contributed by atoms with E-state index in [2.05, 4.69) is 0 Å². The maximum Gasteiger partial charge on any atom is 0.287 e. The molecule has 0 bridgehead atoms. The van der Waals surface area contributed by atoms with Gasteiger partial charge in [0.25, 0.3) is 4.06 Å². The van der Waals surface area contributed by atoms with Crippen LogP contribution in [0.4, 0.5) is 4.39 Å². The molecule has 0 aliphatic carbocycles. The highest BCUT2D eigenvalue weighted by atomic mass is 32.2. The third kappa shape index (κ3) is 1.84. The molecule has 1 aromatic carbocycles. The van der Waals surface area contributed by atoms with Gasteiger partial charge in [-0.2, -0.15) is 0 Å². The fourth-order valence-electron chi connectivity index (χ4n) is 0.981. The van der Waals surface area contributed by atoms with E-state index in [0.29, 0.717) is 0 Å². The van der Waals surface area contributed by atoms with E-state index in [-0.39, 0.29) is 9.87 Å². The largest absolute Gasteiger partial charge is 0.287 e. The quantitative estimate of drug-likeness (QED) is 0.710. The number of hydrogen-bond donors (Lipinski definition) is 0. The molecule has 0 saturated heterocycles. The van der Waals surface area contributed by atoms with Crippen molar-refractivity contribution in [3.8, 4) is 10.4 Å². The average Bonchev–Trinajstić information content (AvgIpc) is 2.53. The van der Waals surface area contributed by atoms with E-state index in [0.717, 1.165) is 10.4 Å². The molecule has 4 heteroatoms. The van der Waals surface area contributed by atoms with Crippen LogP contribution in [0.2, 0.25) is 0 Å². The summed E-state index contributed by atoms with van der Waals surface area (Å²) in [7, 11) is 0. The molecule has 2 aromatic rings. The van der Waals surface area contributed by atoms with E-state index in [1.807, 2.05) is 0 Å². The first kappa shape index (κ1) is 8.59. The van der Waals surface area contributed by atoms with Crippen LogP contribution < -0.4 is 4.06 Å². The van der Waals surface area contributed by atoms with Gasteiger partial charge in [-0.3, -0.25) is 4.79 Å². The summed E-state index contributed by atoms with van der Waals surface area (Å²) in [6.07, 6.45) is 0. The van der Waals surface area contributed by atoms with E-state index < -0.39 is 0 Å². The minimum absolute atomic E-state index is 0.0688. The lowest BCUT2D eigenvalue weighted by Crippen LogP contribution is -1.76. The van der Waals surface area contributed by atoms with Crippen molar-refractivity contribution < 1.29 is 4.39 Å². The Kier molecular flexibility index (Phi) is 2.24. The standard InChI is InChI=1S/C9H5FOS2/c10-7-3-1-6(2-4-7)8-5-12-9(11)13-8/h1-5H. The summed E-state index contributed by atoms with van der Waals surface area (Å²) < 4.78 is 12.6. The summed E-state index contributed by atoms with van der Waals surface area (Å²) >= 11 is 2.36. The highest BCUT2D eigenvalue weighted by Crippen LogP contribution is 2.23. The Labute approximate surface area is 82.1 Å². The molecule has 0 unspecified atom stereocenters. The van der Waals surface area contributed by atoms with Crippen LogP contribution in [0.5, 0.6) is 0 Å². The molecule has 1 aromatic heterocycles. The van der Waals surface area contributed by atoms with Crippen molar-refractivity contribution in [2.45, 2.75) is 0 Å². The van der Waals surface area contributed by atoms with Gasteiger partial charge in [0.2, 0.25) is 0 Å². The smallest absolute Gasteiger partial charge is 0.265 e. The first-order valence-corrected chi connectivity index (χ1v) is 5.30. The van der Waals surface area contributed by atoms with E-state index in [1.54, 1.807) is 17.5 Å². The van der Waals surface area contributed by atoms with Gasteiger partial charge in [0.05, 0.1) is 0 Å². The summed E-state index contributed by atoms with van der Waals surface area (Å²) in [6, 6.07) is 6.13. The van der Waals surface area contributed by atoms with Gasteiger partial charge < -0.3 is 0 Å². The molecule has 0 saturated carbocycles. The van der Waals surface area contributed by atoms with Gasteiger partial charge in [-0.05, 0) is 17.7 Å². The lowest BCUT2D eigenvalue weighted by molar-refractivity contribution is 0.628. The van der Waals surface area contributed by atoms with Crippen molar-refractivity contribution >= 4 is 22.7 Å². The summed E-state index contributed by atoms with van der Waals surface area (Å²) in [5.74, 6) is -0.258. The number of hydrogen-bond acceptors (Lipinski definition) is 3. The van der Waals surface area contributed by atoms with Crippen LogP contribution in [-0.4, -0.2) is 0 Å². The highest BCUT2D eigenvalue weighted by Gasteiger charge is 2.00. The molecular weight excluding hydrogens is 207 g/mol. The van der Waals surface area contributed by atoms with Gasteiger partial charge >= 0.3 is 0 Å². The molecule has 0 amide bonds. The van der Waals surface area contributed by atoms with Crippen molar-refractivity contribution in [3.63, 3.8) is 0 Å². The maximum absolute atomic E-state index is 12.6. The third-order valence-corrected chi connectivity index (χ3v) is 3.56. The molecule has 0 aliphatic rings. The molecule has 0 radical (unpaired) electrons. The van der Waals surface area contributed by atoms with Crippen LogP contribution in [0.3, 0.4) is 0 Å². The van der Waals surface area contributed by atoms with E-state index in [1.165, 1.54) is 34.8 Å². The normalized spacial score (nSPS) is 10.2. The summed E-state index contributed by atoms with van der Waals surface area (Å²) in [5.41, 5.74) is 0.893. The van der Waals surface area contributed by atoms with Gasteiger partial charge in [0, 0.05) is 10.3 Å². The van der Waals surface area contributed by atoms with Crippen LogP contribution in [-0.2, 0) is 0 Å². The van der Waals surface area contributed by atoms with Crippen molar-refractivity contribution in [3.05, 3.63) is 44.3 Å². The van der Waals surface area contributed by atoms with Gasteiger partial charge in [-0.15, -0.1) is 0 Å². The Morgan fingerprint density at radius 2 is 1.85 bits per heavy atom. The maximum atomic E-state index is 12.6. The fourth-order valence-corrected chi connectivity index (χ4v) is 2.70. The van der Waals surface area contributed by atoms with Gasteiger partial charge in [-0.1, -0.05) is 34.8 Å². The van der Waals surface area contributed by atoms with E-state index in [9.17, 15) is 9.18 Å². The molecule has 1 heterocycles. The first-order chi connectivity index (χ1) is 6.25. The molecule has 13 heavy (non-hydrogen) atoms. The average molecular weight is 212 g/mol. The monoisotopic (exact) mass is 212 g/mol. The minimum atomic E-state index is -0.258. The van der Waals surface area contributed by atoms with E-state index >= 15 is 0 Å². The second-order valence-electron chi connectivity index (χ2n) is 2.46. The predicted octanol–water partition coefficient (Wildman–Crippen LogP) is 2.98. The summed E-state index contributed by atoms with van der Waals surface area (Å²) in [6.45, 7) is 0. The second-order valence-corrected chi connectivity index (χ2v) is 4.57. The topological polar surface area (TPSA) is 17.1 Å². The zero-order valence-electron chi connectivity index (χ0n) is 6.49. The summed E-state index contributed by atoms with van der Waals surface area (Å²) in [4.78, 5) is 11.8. The molecule has 1 nitrogen and oxygen atoms in total. The van der Waals surface area contributed by atoms with Crippen LogP contribution in [0, 0.1) is 5.82 Å². The fraction of sp³-hybridized carbons (Fsp3) is 0. The Bertz CT molecular complexity index is 455. The molecule has 0 aliphatic heterocycles. The molecule has 66 valence electrons. The zero-order chi connectivity index (χ0) is 9.26. The SMILES string of the molecule is O=c1scc(-c2ccc(F)cc2)s1. The predicted molar refractivity (Wildman–Crippen MR) is 53.9 cm³/mol. The van der Waals surface area contributed by atoms with Gasteiger partial charge in [0.15, 0.2) is 0 Å². The van der Waals surface area contributed by atoms with Crippen LogP contribution in [0.25, 0.3) is 10.4 Å². The molecule has 0 N–H and O–H groups in total. The third-order valence-electron chi connectivity index (χ3n) is 1.58. The van der Waals surface area contributed by atoms with E-state index in [4.69, 9.17) is 0 Å². The molecule has 0 atom stereocenters. The first-order valence-electron chi connectivity index (χ1n) is 3.60. The minimum Gasteiger partial charge on any atom is -0.265 e. The van der Waals surface area contributed by atoms with Crippen LogP contribution in [0.1, 0.15) is 0 Å². The second kappa shape index (κ2) is 3.40. The highest BCUT2D eigenvalue weighted by molar-refractivity contribution is 7.28. The van der Waals surface area contributed by atoms with Crippen LogP contribution in [0.15, 0.2) is 34.4 Å². The Morgan fingerprint density at radius 3 is 2.38 bits per heavy atom. The van der Waals surface area contributed by atoms with Crippen molar-refractivity contribution in [2.75, 3.05) is 0 Å². The number of halogens is 1. The number of benzene rings is 1. The lowest BCUT2D eigenvalue weighted by atomic mass is 10.2. The summed E-state index contributed by atoms with van der Waals surface area (Å²) in [5, 5.41) is 1.79. The van der Waals surface area contributed by atoms with Crippen LogP contribution >= 0.6 is 22.7 Å². The lowest BCUT2D eigenvalue weighted by Gasteiger charge is -1.94. The van der Waals surface area contributed by atoms with Crippen molar-refractivity contribution in [1.82, 2.24) is 0 Å². The Morgan fingerprint density at radius 1 is 1.15 bits per heavy atom. The molecule has 0 spiro atoms.